The van der Waals surface area contributed by atoms with Crippen LogP contribution in [0.15, 0.2) is 42.7 Å². The van der Waals surface area contributed by atoms with Gasteiger partial charge in [-0.1, -0.05) is 95.5 Å². The first-order valence-electron chi connectivity index (χ1n) is 11.3. The van der Waals surface area contributed by atoms with E-state index in [9.17, 15) is 4.79 Å². The van der Waals surface area contributed by atoms with E-state index in [1.807, 2.05) is 37.3 Å². The van der Waals surface area contributed by atoms with Crippen LogP contribution in [0.2, 0.25) is 0 Å². The van der Waals surface area contributed by atoms with Gasteiger partial charge in [0.15, 0.2) is 0 Å². The Morgan fingerprint density at radius 1 is 0.862 bits per heavy atom. The van der Waals surface area contributed by atoms with Crippen molar-refractivity contribution in [2.75, 3.05) is 0 Å². The smallest absolute Gasteiger partial charge is 0.376 e. The summed E-state index contributed by atoms with van der Waals surface area (Å²) >= 11 is 0. The molecule has 2 aromatic rings. The van der Waals surface area contributed by atoms with Gasteiger partial charge >= 0.3 is 5.97 Å². The Morgan fingerprint density at radius 3 is 2.03 bits per heavy atom. The molecule has 0 aliphatic carbocycles. The van der Waals surface area contributed by atoms with E-state index in [1.165, 1.54) is 51.4 Å². The third-order valence-electron chi connectivity index (χ3n) is 5.25. The molecular weight excluding hydrogens is 360 g/mol. The third kappa shape index (κ3) is 8.76. The fraction of sp³-hybridized carbons (Fsp3) is 0.560. The van der Waals surface area contributed by atoms with E-state index in [-0.39, 0.29) is 11.9 Å². The van der Waals surface area contributed by atoms with E-state index >= 15 is 0 Å². The van der Waals surface area contributed by atoms with Crippen LogP contribution in [0.5, 0.6) is 0 Å². The van der Waals surface area contributed by atoms with Crippen molar-refractivity contribution in [3.8, 4) is 0 Å². The fourth-order valence-corrected chi connectivity index (χ4v) is 3.47. The second kappa shape index (κ2) is 13.9. The second-order valence-corrected chi connectivity index (χ2v) is 7.71. The third-order valence-corrected chi connectivity index (χ3v) is 5.25. The van der Waals surface area contributed by atoms with Crippen LogP contribution >= 0.6 is 0 Å². The number of ether oxygens (including phenoxy) is 1. The Labute approximate surface area is 176 Å². The molecule has 29 heavy (non-hydrogen) atoms. The van der Waals surface area contributed by atoms with Gasteiger partial charge in [0.2, 0.25) is 5.82 Å². The highest BCUT2D eigenvalue weighted by Gasteiger charge is 2.18. The molecule has 1 aromatic carbocycles. The normalized spacial score (nSPS) is 11.9. The molecule has 2 rings (SSSR count). The highest BCUT2D eigenvalue weighted by atomic mass is 16.5. The maximum absolute atomic E-state index is 12.4. The molecule has 0 aliphatic heterocycles. The molecule has 1 heterocycles. The predicted molar refractivity (Wildman–Crippen MR) is 118 cm³/mol. The Kier molecular flexibility index (Phi) is 11.0. The summed E-state index contributed by atoms with van der Waals surface area (Å²) in [6, 6.07) is 9.79. The van der Waals surface area contributed by atoms with Gasteiger partial charge in [-0.15, -0.1) is 0 Å². The summed E-state index contributed by atoms with van der Waals surface area (Å²) in [7, 11) is 0. The number of hydrogen-bond donors (Lipinski definition) is 0. The fourth-order valence-electron chi connectivity index (χ4n) is 3.47. The van der Waals surface area contributed by atoms with Crippen molar-refractivity contribution >= 4 is 5.97 Å². The maximum atomic E-state index is 12.4. The summed E-state index contributed by atoms with van der Waals surface area (Å²) in [5, 5.41) is 0. The first-order chi connectivity index (χ1) is 14.2. The lowest BCUT2D eigenvalue weighted by Gasteiger charge is -2.15. The van der Waals surface area contributed by atoms with E-state index in [0.29, 0.717) is 6.42 Å². The van der Waals surface area contributed by atoms with E-state index < -0.39 is 5.97 Å². The van der Waals surface area contributed by atoms with E-state index in [0.717, 1.165) is 24.0 Å². The van der Waals surface area contributed by atoms with Crippen LogP contribution in [-0.4, -0.2) is 15.9 Å². The minimum absolute atomic E-state index is 0.134. The maximum Gasteiger partial charge on any atom is 0.376 e. The summed E-state index contributed by atoms with van der Waals surface area (Å²) in [6.07, 6.45) is 16.8. The van der Waals surface area contributed by atoms with Crippen molar-refractivity contribution in [1.29, 1.82) is 0 Å². The lowest BCUT2D eigenvalue weighted by molar-refractivity contribution is 0.0273. The highest BCUT2D eigenvalue weighted by molar-refractivity contribution is 5.85. The van der Waals surface area contributed by atoms with Crippen LogP contribution < -0.4 is 0 Å². The average molecular weight is 397 g/mol. The van der Waals surface area contributed by atoms with Crippen molar-refractivity contribution in [2.45, 2.75) is 90.6 Å². The second-order valence-electron chi connectivity index (χ2n) is 7.71. The lowest BCUT2D eigenvalue weighted by atomic mass is 10.1. The van der Waals surface area contributed by atoms with Gasteiger partial charge in [-0.2, -0.15) is 0 Å². The van der Waals surface area contributed by atoms with Gasteiger partial charge in [0.05, 0.1) is 0 Å². The Hall–Kier alpha value is -2.23. The predicted octanol–water partition coefficient (Wildman–Crippen LogP) is 6.86. The van der Waals surface area contributed by atoms with E-state index in [4.69, 9.17) is 4.74 Å². The van der Waals surface area contributed by atoms with Crippen molar-refractivity contribution in [2.24, 2.45) is 0 Å². The first-order valence-corrected chi connectivity index (χ1v) is 11.3. The number of rotatable bonds is 14. The molecular formula is C25H36N2O2. The number of aromatic nitrogens is 2. The number of esters is 1. The summed E-state index contributed by atoms with van der Waals surface area (Å²) in [5.41, 5.74) is 2.07. The number of hydrogen-bond acceptors (Lipinski definition) is 4. The van der Waals surface area contributed by atoms with Gasteiger partial charge in [0, 0.05) is 12.4 Å². The molecule has 4 nitrogen and oxygen atoms in total. The molecule has 0 amide bonds. The number of carbonyl (C=O) groups excluding carboxylic acids is 1. The lowest BCUT2D eigenvalue weighted by Crippen LogP contribution is -2.14. The molecule has 0 spiro atoms. The zero-order valence-electron chi connectivity index (χ0n) is 18.1. The van der Waals surface area contributed by atoms with Crippen LogP contribution in [0.1, 0.15) is 106 Å². The van der Waals surface area contributed by atoms with Gasteiger partial charge in [-0.25, -0.2) is 14.8 Å². The van der Waals surface area contributed by atoms with Gasteiger partial charge in [-0.3, -0.25) is 0 Å². The minimum Gasteiger partial charge on any atom is -0.452 e. The van der Waals surface area contributed by atoms with Crippen LogP contribution in [-0.2, 0) is 11.2 Å². The number of nitrogens with zero attached hydrogens (tertiary/aromatic N) is 2. The van der Waals surface area contributed by atoms with Crippen molar-refractivity contribution < 1.29 is 9.53 Å². The zero-order valence-corrected chi connectivity index (χ0v) is 18.1. The summed E-state index contributed by atoms with van der Waals surface area (Å²) in [4.78, 5) is 20.8. The van der Waals surface area contributed by atoms with Gasteiger partial charge in [0.25, 0.3) is 0 Å². The van der Waals surface area contributed by atoms with Gasteiger partial charge in [-0.05, 0) is 30.4 Å². The average Bonchev–Trinajstić information content (AvgIpc) is 2.77. The van der Waals surface area contributed by atoms with Crippen LogP contribution in [0.25, 0.3) is 0 Å². The standard InChI is InChI=1S/C25H36N2O2/c1-3-5-6-7-8-9-10-11-13-16-21-19-26-24(27-20-21)25(28)29-23(4-2)22-17-14-12-15-18-22/h12,14-15,17-20,23H,3-11,13,16H2,1-2H3. The van der Waals surface area contributed by atoms with Crippen LogP contribution in [0, 0.1) is 0 Å². The van der Waals surface area contributed by atoms with Crippen LogP contribution in [0.3, 0.4) is 0 Å². The summed E-state index contributed by atoms with van der Waals surface area (Å²) in [6.45, 7) is 4.26. The molecule has 0 bridgehead atoms. The monoisotopic (exact) mass is 396 g/mol. The molecule has 0 N–H and O–H groups in total. The van der Waals surface area contributed by atoms with Crippen molar-refractivity contribution in [3.63, 3.8) is 0 Å². The molecule has 158 valence electrons. The molecule has 0 saturated heterocycles. The van der Waals surface area contributed by atoms with E-state index in [1.54, 1.807) is 12.4 Å². The van der Waals surface area contributed by atoms with Gasteiger partial charge < -0.3 is 4.74 Å². The number of benzene rings is 1. The number of carbonyl (C=O) groups is 1. The zero-order chi connectivity index (χ0) is 20.7. The highest BCUT2D eigenvalue weighted by Crippen LogP contribution is 2.21. The van der Waals surface area contributed by atoms with Gasteiger partial charge in [0.1, 0.15) is 6.10 Å². The summed E-state index contributed by atoms with van der Waals surface area (Å²) < 4.78 is 5.61. The van der Waals surface area contributed by atoms with Crippen molar-refractivity contribution in [3.05, 3.63) is 59.7 Å². The Bertz CT molecular complexity index is 686. The Balaban J connectivity index is 1.69. The molecule has 1 aromatic heterocycles. The molecule has 0 saturated carbocycles. The molecule has 1 unspecified atom stereocenters. The first kappa shape index (κ1) is 23.1. The molecule has 1 atom stereocenters. The SMILES string of the molecule is CCCCCCCCCCCc1cnc(C(=O)OC(CC)c2ccccc2)nc1. The van der Waals surface area contributed by atoms with Crippen LogP contribution in [0.4, 0.5) is 0 Å². The molecule has 0 fully saturated rings. The largest absolute Gasteiger partial charge is 0.452 e. The summed E-state index contributed by atoms with van der Waals surface area (Å²) in [5.74, 6) is -0.328. The number of aryl methyl sites for hydroxylation is 1. The van der Waals surface area contributed by atoms with Crippen molar-refractivity contribution in [1.82, 2.24) is 9.97 Å². The quantitative estimate of drug-likeness (QED) is 0.258. The molecule has 4 heteroatoms. The number of unbranched alkanes of at least 4 members (excludes halogenated alkanes) is 8. The van der Waals surface area contributed by atoms with E-state index in [2.05, 4.69) is 16.9 Å². The topological polar surface area (TPSA) is 52.1 Å². The molecule has 0 radical (unpaired) electrons. The Morgan fingerprint density at radius 2 is 1.45 bits per heavy atom. The molecule has 0 aliphatic rings. The minimum atomic E-state index is -0.463.